The summed E-state index contributed by atoms with van der Waals surface area (Å²) >= 11 is 0. The van der Waals surface area contributed by atoms with Gasteiger partial charge in [-0.05, 0) is 323 Å². The Labute approximate surface area is 502 Å². The number of piperidine rings is 2. The highest BCUT2D eigenvalue weighted by atomic mass is 16.5. The summed E-state index contributed by atoms with van der Waals surface area (Å²) in [5.41, 5.74) is 0. The fraction of sp³-hybridized carbons (Fsp3) is 1.00. The Balaban J connectivity index is -0.000000149. The van der Waals surface area contributed by atoms with Crippen LogP contribution in [0.15, 0.2) is 0 Å². The highest BCUT2D eigenvalue weighted by Crippen LogP contribution is 2.09. The molecule has 2 aliphatic rings. The van der Waals surface area contributed by atoms with Crippen LogP contribution in [-0.4, -0.2) is 366 Å². The van der Waals surface area contributed by atoms with Crippen molar-refractivity contribution in [1.29, 1.82) is 0 Å². The van der Waals surface area contributed by atoms with E-state index in [1.165, 1.54) is 169 Å². The third-order valence-electron chi connectivity index (χ3n) is 13.6. The number of nitrogens with zero attached hydrogens (tertiary/aromatic N) is 14. The Morgan fingerprint density at radius 1 is 0.329 bits per heavy atom. The fourth-order valence-electron chi connectivity index (χ4n) is 7.23. The van der Waals surface area contributed by atoms with Gasteiger partial charge in [0.2, 0.25) is 0 Å². The molecule has 2 heterocycles. The van der Waals surface area contributed by atoms with Crippen molar-refractivity contribution in [3.63, 3.8) is 0 Å². The van der Waals surface area contributed by atoms with E-state index in [1.54, 1.807) is 7.11 Å². The number of methoxy groups -OCH3 is 1. The minimum absolute atomic E-state index is 0.699. The largest absolute Gasteiger partial charge is 0.385 e. The maximum Gasteiger partial charge on any atom is 0.0474 e. The smallest absolute Gasteiger partial charge is 0.0474 e. The fourth-order valence-corrected chi connectivity index (χ4v) is 7.23. The quantitative estimate of drug-likeness (QED) is 0.0623. The monoisotopic (exact) mass is 1140 g/mol. The van der Waals surface area contributed by atoms with Crippen molar-refractivity contribution in [2.24, 2.45) is 0 Å². The molecule has 15 nitrogen and oxygen atoms in total. The lowest BCUT2D eigenvalue weighted by Gasteiger charge is -2.27. The summed E-state index contributed by atoms with van der Waals surface area (Å²) in [7, 11) is 41.9. The molecule has 79 heavy (non-hydrogen) atoms. The van der Waals surface area contributed by atoms with Crippen LogP contribution in [0.25, 0.3) is 0 Å². The molecule has 0 saturated carbocycles. The van der Waals surface area contributed by atoms with E-state index in [0.717, 1.165) is 52.3 Å². The molecule has 488 valence electrons. The summed E-state index contributed by atoms with van der Waals surface area (Å²) in [6.45, 7) is 47.4. The first-order valence-corrected chi connectivity index (χ1v) is 32.0. The second-order valence-corrected chi connectivity index (χ2v) is 24.2. The van der Waals surface area contributed by atoms with Gasteiger partial charge >= 0.3 is 0 Å². The van der Waals surface area contributed by atoms with Gasteiger partial charge in [-0.15, -0.1) is 0 Å². The van der Waals surface area contributed by atoms with Gasteiger partial charge in [-0.2, -0.15) is 0 Å². The Bertz CT molecular complexity index is 1020. The Hall–Kier alpha value is -0.600. The maximum absolute atomic E-state index is 4.87. The third kappa shape index (κ3) is 96.9. The second-order valence-electron chi connectivity index (χ2n) is 24.2. The van der Waals surface area contributed by atoms with E-state index in [0.29, 0.717) is 6.04 Å². The van der Waals surface area contributed by atoms with Crippen LogP contribution in [-0.2, 0) is 4.74 Å². The van der Waals surface area contributed by atoms with Crippen LogP contribution in [0.5, 0.6) is 0 Å². The van der Waals surface area contributed by atoms with Crippen LogP contribution < -0.4 is 0 Å². The molecule has 0 amide bonds. The SMILES string of the molecule is CCCN(C)CC.CCN(C)C(C)C.CCN(C)CC.CCN(CC)CCCN(C)C.CN(C)CCCN(C)C.CN(C)CCCN1CCCCC1.CN(C)CCN(C)C.CN(C)CCN1CCCCC1.COCCCN(C)C. The second kappa shape index (κ2) is 71.7. The normalized spacial score (nSPS) is 13.7. The van der Waals surface area contributed by atoms with Crippen LogP contribution >= 0.6 is 0 Å². The minimum atomic E-state index is 0.699. The summed E-state index contributed by atoms with van der Waals surface area (Å²) < 4.78 is 4.87. The summed E-state index contributed by atoms with van der Waals surface area (Å²) in [6.07, 6.45) is 14.8. The lowest BCUT2D eigenvalue weighted by atomic mass is 10.1. The Morgan fingerprint density at radius 2 is 0.658 bits per heavy atom. The van der Waals surface area contributed by atoms with Gasteiger partial charge in [0.05, 0.1) is 0 Å². The molecule has 0 radical (unpaired) electrons. The molecule has 0 aliphatic carbocycles. The van der Waals surface area contributed by atoms with Crippen molar-refractivity contribution in [2.45, 2.75) is 139 Å². The van der Waals surface area contributed by atoms with Crippen molar-refractivity contribution in [1.82, 2.24) is 68.6 Å². The maximum atomic E-state index is 4.87. The van der Waals surface area contributed by atoms with E-state index in [-0.39, 0.29) is 0 Å². The van der Waals surface area contributed by atoms with E-state index in [1.807, 2.05) is 0 Å². The van der Waals surface area contributed by atoms with E-state index in [9.17, 15) is 0 Å². The highest BCUT2D eigenvalue weighted by Gasteiger charge is 2.10. The number of ether oxygens (including phenoxy) is 1. The molecule has 0 spiro atoms. The lowest BCUT2D eigenvalue weighted by Crippen LogP contribution is -2.35. The topological polar surface area (TPSA) is 54.6 Å². The van der Waals surface area contributed by atoms with Crippen LogP contribution in [0.4, 0.5) is 0 Å². The molecule has 2 rings (SSSR count). The lowest BCUT2D eigenvalue weighted by molar-refractivity contribution is 0.184. The molecule has 0 atom stereocenters. The Morgan fingerprint density at radius 3 is 0.911 bits per heavy atom. The number of hydrogen-bond acceptors (Lipinski definition) is 15. The molecule has 2 saturated heterocycles. The molecule has 0 aromatic heterocycles. The summed E-state index contributed by atoms with van der Waals surface area (Å²) in [5.74, 6) is 0. The average molecular weight is 1140 g/mol. The van der Waals surface area contributed by atoms with Gasteiger partial charge in [-0.25, -0.2) is 0 Å². The van der Waals surface area contributed by atoms with Crippen LogP contribution in [0.3, 0.4) is 0 Å². The van der Waals surface area contributed by atoms with Crippen molar-refractivity contribution in [3.8, 4) is 0 Å². The van der Waals surface area contributed by atoms with Crippen molar-refractivity contribution in [2.75, 3.05) is 292 Å². The van der Waals surface area contributed by atoms with Gasteiger partial charge in [0.15, 0.2) is 0 Å². The van der Waals surface area contributed by atoms with Crippen molar-refractivity contribution >= 4 is 0 Å². The van der Waals surface area contributed by atoms with Crippen LogP contribution in [0.1, 0.15) is 133 Å². The summed E-state index contributed by atoms with van der Waals surface area (Å²) in [5, 5.41) is 0. The van der Waals surface area contributed by atoms with Gasteiger partial charge in [0.1, 0.15) is 0 Å². The minimum Gasteiger partial charge on any atom is -0.385 e. The zero-order valence-electron chi connectivity index (χ0n) is 60.3. The number of likely N-dealkylation sites (tertiary alicyclic amines) is 2. The van der Waals surface area contributed by atoms with Crippen LogP contribution in [0.2, 0.25) is 0 Å². The Kier molecular flexibility index (Phi) is 83.6. The summed E-state index contributed by atoms with van der Waals surface area (Å²) in [4.78, 5) is 32.2. The van der Waals surface area contributed by atoms with Gasteiger partial charge < -0.3 is 73.3 Å². The zero-order valence-corrected chi connectivity index (χ0v) is 60.3. The molecule has 2 fully saturated rings. The van der Waals surface area contributed by atoms with Crippen molar-refractivity contribution in [3.05, 3.63) is 0 Å². The standard InChI is InChI=1S/C10H22N2.C9H20N2.C9H22N2.C7H18N2.C6H16N2.C6H15NO.2C6H15N.C5H13N/c1-11(2)7-6-10-12-8-4-3-5-9-12;1-10(2)8-9-11-6-4-3-5-7-11;1-5-11(6-2)9-7-8-10(3)4;1-8(2)6-5-7-9(3)4;1-7(2)5-6-8(3)4;1-7(2)5-4-6-8-3;1-5-7(4)6(2)3;1-4-6-7(3)5-2;1-4-6(3)5-2/h3-10H2,1-2H3;3-9H2,1-2H3;5-9H2,1-4H3;5-7H2,1-4H3;5-6H2,1-4H3;4-6H2,1-3H3;6H,5H2,1-4H3;4-6H2,1-3H3;4-5H2,1-3H3. The van der Waals surface area contributed by atoms with E-state index in [2.05, 4.69) is 265 Å². The van der Waals surface area contributed by atoms with Gasteiger partial charge in [0, 0.05) is 45.9 Å². The van der Waals surface area contributed by atoms with Gasteiger partial charge in [0.25, 0.3) is 0 Å². The predicted molar refractivity (Wildman–Crippen MR) is 363 cm³/mol. The molecule has 0 unspecified atom stereocenters. The predicted octanol–water partition coefficient (Wildman–Crippen LogP) is 8.58. The molecule has 0 N–H and O–H groups in total. The summed E-state index contributed by atoms with van der Waals surface area (Å²) in [6, 6.07) is 0.699. The number of hydrogen-bond donors (Lipinski definition) is 0. The molecule has 2 aliphatic heterocycles. The van der Waals surface area contributed by atoms with Crippen LogP contribution in [0, 0.1) is 0 Å². The molecule has 0 aromatic carbocycles. The molecule has 0 bridgehead atoms. The zero-order chi connectivity index (χ0) is 62.4. The molecular formula is C64H156N14O. The van der Waals surface area contributed by atoms with E-state index < -0.39 is 0 Å². The van der Waals surface area contributed by atoms with Gasteiger partial charge in [-0.1, -0.05) is 61.3 Å². The van der Waals surface area contributed by atoms with Crippen molar-refractivity contribution < 1.29 is 4.74 Å². The first-order chi connectivity index (χ1) is 37.1. The number of likely N-dealkylation sites (N-methyl/N-ethyl adjacent to an activating group) is 3. The number of rotatable bonds is 31. The van der Waals surface area contributed by atoms with Gasteiger partial charge in [-0.3, -0.25) is 0 Å². The molecule has 0 aromatic rings. The first kappa shape index (κ1) is 92.1. The molecular weight excluding hydrogens is 981 g/mol. The average Bonchev–Trinajstić information content (AvgIpc) is 3.40. The van der Waals surface area contributed by atoms with E-state index >= 15 is 0 Å². The first-order valence-electron chi connectivity index (χ1n) is 32.0. The van der Waals surface area contributed by atoms with E-state index in [4.69, 9.17) is 4.74 Å². The highest BCUT2D eigenvalue weighted by molar-refractivity contribution is 4.66. The molecule has 15 heteroatoms. The third-order valence-corrected chi connectivity index (χ3v) is 13.6.